The second-order valence-electron chi connectivity index (χ2n) is 3.65. The molecule has 78 valence electrons. The topological polar surface area (TPSA) is 29.3 Å². The van der Waals surface area contributed by atoms with Crippen LogP contribution in [0, 0.1) is 0 Å². The van der Waals surface area contributed by atoms with Gasteiger partial charge < -0.3 is 10.6 Å². The van der Waals surface area contributed by atoms with E-state index < -0.39 is 0 Å². The van der Waals surface area contributed by atoms with Gasteiger partial charge >= 0.3 is 0 Å². The predicted molar refractivity (Wildman–Crippen MR) is 61.6 cm³/mol. The van der Waals surface area contributed by atoms with Crippen molar-refractivity contribution in [1.29, 1.82) is 0 Å². The number of benzene rings is 1. The fourth-order valence-corrected chi connectivity index (χ4v) is 1.63. The van der Waals surface area contributed by atoms with Gasteiger partial charge in [-0.25, -0.2) is 0 Å². The lowest BCUT2D eigenvalue weighted by molar-refractivity contribution is 0.413. The molecule has 0 fully saturated rings. The van der Waals surface area contributed by atoms with Gasteiger partial charge in [-0.2, -0.15) is 0 Å². The van der Waals surface area contributed by atoms with E-state index in [2.05, 4.69) is 25.1 Å². The van der Waals surface area contributed by atoms with E-state index >= 15 is 0 Å². The molecule has 0 saturated heterocycles. The summed E-state index contributed by atoms with van der Waals surface area (Å²) in [5.74, 6) is 0. The summed E-state index contributed by atoms with van der Waals surface area (Å²) in [6, 6.07) is 6.05. The molecule has 0 unspecified atom stereocenters. The molecule has 3 heteroatoms. The third-order valence-corrected chi connectivity index (χ3v) is 2.69. The van der Waals surface area contributed by atoms with Gasteiger partial charge in [0, 0.05) is 18.1 Å². The summed E-state index contributed by atoms with van der Waals surface area (Å²) in [6.07, 6.45) is 0.972. The van der Waals surface area contributed by atoms with E-state index in [0.29, 0.717) is 6.54 Å². The van der Waals surface area contributed by atoms with E-state index in [-0.39, 0.29) is 0 Å². The summed E-state index contributed by atoms with van der Waals surface area (Å²) < 4.78 is 0. The first-order valence-electron chi connectivity index (χ1n) is 4.76. The molecular weight excluding hydrogens is 196 g/mol. The van der Waals surface area contributed by atoms with Crippen LogP contribution in [0.1, 0.15) is 11.1 Å². The monoisotopic (exact) mass is 212 g/mol. The molecule has 0 aliphatic heterocycles. The summed E-state index contributed by atoms with van der Waals surface area (Å²) in [4.78, 5) is 2.14. The zero-order chi connectivity index (χ0) is 10.6. The van der Waals surface area contributed by atoms with Gasteiger partial charge in [0.05, 0.1) is 0 Å². The maximum atomic E-state index is 6.19. The van der Waals surface area contributed by atoms with Crippen molar-refractivity contribution < 1.29 is 0 Å². The summed E-state index contributed by atoms with van der Waals surface area (Å²) in [7, 11) is 4.11. The first-order valence-corrected chi connectivity index (χ1v) is 5.14. The van der Waals surface area contributed by atoms with E-state index in [1.807, 2.05) is 12.1 Å². The minimum Gasteiger partial charge on any atom is -0.326 e. The Bertz CT molecular complexity index is 297. The minimum atomic E-state index is 0.509. The normalized spacial score (nSPS) is 10.9. The van der Waals surface area contributed by atoms with Crippen LogP contribution in [0.2, 0.25) is 5.02 Å². The Kier molecular flexibility index (Phi) is 4.39. The van der Waals surface area contributed by atoms with Crippen LogP contribution in [0.5, 0.6) is 0 Å². The molecule has 0 aliphatic rings. The highest BCUT2D eigenvalue weighted by Gasteiger charge is 2.04. The summed E-state index contributed by atoms with van der Waals surface area (Å²) in [6.45, 7) is 1.52. The van der Waals surface area contributed by atoms with Gasteiger partial charge in [0.2, 0.25) is 0 Å². The summed E-state index contributed by atoms with van der Waals surface area (Å²) in [5.41, 5.74) is 7.79. The maximum absolute atomic E-state index is 6.19. The highest BCUT2D eigenvalue weighted by atomic mass is 35.5. The number of nitrogens with zero attached hydrogens (tertiary/aromatic N) is 1. The third-order valence-electron chi connectivity index (χ3n) is 2.21. The average molecular weight is 213 g/mol. The van der Waals surface area contributed by atoms with Crippen LogP contribution >= 0.6 is 11.6 Å². The highest BCUT2D eigenvalue weighted by Crippen LogP contribution is 2.21. The van der Waals surface area contributed by atoms with E-state index in [9.17, 15) is 0 Å². The van der Waals surface area contributed by atoms with Gasteiger partial charge in [0.1, 0.15) is 0 Å². The highest BCUT2D eigenvalue weighted by molar-refractivity contribution is 6.32. The molecule has 0 spiro atoms. The number of hydrogen-bond acceptors (Lipinski definition) is 2. The maximum Gasteiger partial charge on any atom is 0.0483 e. The van der Waals surface area contributed by atoms with Crippen molar-refractivity contribution >= 4 is 11.6 Å². The molecule has 2 nitrogen and oxygen atoms in total. The fourth-order valence-electron chi connectivity index (χ4n) is 1.33. The van der Waals surface area contributed by atoms with Gasteiger partial charge in [-0.15, -0.1) is 0 Å². The molecule has 0 saturated carbocycles. The van der Waals surface area contributed by atoms with Crippen molar-refractivity contribution in [2.75, 3.05) is 20.6 Å². The van der Waals surface area contributed by atoms with Crippen molar-refractivity contribution in [1.82, 2.24) is 4.90 Å². The second-order valence-corrected chi connectivity index (χ2v) is 4.03. The predicted octanol–water partition coefficient (Wildman–Crippen LogP) is 1.90. The van der Waals surface area contributed by atoms with Crippen molar-refractivity contribution in [2.24, 2.45) is 5.73 Å². The molecule has 1 aromatic rings. The van der Waals surface area contributed by atoms with Gasteiger partial charge in [-0.05, 0) is 31.6 Å². The molecule has 2 N–H and O–H groups in total. The van der Waals surface area contributed by atoms with Crippen LogP contribution in [0.25, 0.3) is 0 Å². The number of likely N-dealkylation sites (N-methyl/N-ethyl adjacent to an activating group) is 1. The second kappa shape index (κ2) is 5.35. The van der Waals surface area contributed by atoms with Crippen LogP contribution in [0.3, 0.4) is 0 Å². The summed E-state index contributed by atoms with van der Waals surface area (Å²) in [5, 5.41) is 0.830. The third kappa shape index (κ3) is 2.98. The lowest BCUT2D eigenvalue weighted by Crippen LogP contribution is -2.15. The lowest BCUT2D eigenvalue weighted by Gasteiger charge is -2.11. The Labute approximate surface area is 90.7 Å². The first kappa shape index (κ1) is 11.5. The SMILES string of the molecule is CN(C)CCc1cccc(CN)c1Cl. The molecule has 14 heavy (non-hydrogen) atoms. The number of nitrogens with two attached hydrogens (primary N) is 1. The van der Waals surface area contributed by atoms with Crippen molar-refractivity contribution in [3.63, 3.8) is 0 Å². The quantitative estimate of drug-likeness (QED) is 0.826. The van der Waals surface area contributed by atoms with Crippen LogP contribution in [-0.2, 0) is 13.0 Å². The zero-order valence-corrected chi connectivity index (χ0v) is 9.51. The van der Waals surface area contributed by atoms with E-state index in [4.69, 9.17) is 17.3 Å². The minimum absolute atomic E-state index is 0.509. The Hall–Kier alpha value is -0.570. The van der Waals surface area contributed by atoms with Crippen LogP contribution in [0.15, 0.2) is 18.2 Å². The molecule has 0 heterocycles. The van der Waals surface area contributed by atoms with Gasteiger partial charge in [-0.1, -0.05) is 29.8 Å². The molecular formula is C11H17ClN2. The number of hydrogen-bond donors (Lipinski definition) is 1. The molecule has 1 aromatic carbocycles. The number of rotatable bonds is 4. The Morgan fingerprint density at radius 1 is 1.29 bits per heavy atom. The van der Waals surface area contributed by atoms with Crippen molar-refractivity contribution in [3.05, 3.63) is 34.3 Å². The molecule has 0 amide bonds. The standard InChI is InChI=1S/C11H17ClN2/c1-14(2)7-6-9-4-3-5-10(8-13)11(9)12/h3-5H,6-8,13H2,1-2H3. The van der Waals surface area contributed by atoms with Gasteiger partial charge in [-0.3, -0.25) is 0 Å². The molecule has 0 aromatic heterocycles. The molecule has 0 radical (unpaired) electrons. The lowest BCUT2D eigenvalue weighted by atomic mass is 10.1. The molecule has 1 rings (SSSR count). The van der Waals surface area contributed by atoms with Crippen LogP contribution in [-0.4, -0.2) is 25.5 Å². The number of halogens is 1. The Balaban J connectivity index is 2.76. The van der Waals surface area contributed by atoms with Crippen molar-refractivity contribution in [3.8, 4) is 0 Å². The first-order chi connectivity index (χ1) is 6.65. The Morgan fingerprint density at radius 2 is 1.93 bits per heavy atom. The van der Waals surface area contributed by atoms with Crippen LogP contribution in [0.4, 0.5) is 0 Å². The Morgan fingerprint density at radius 3 is 2.50 bits per heavy atom. The van der Waals surface area contributed by atoms with E-state index in [1.165, 1.54) is 5.56 Å². The smallest absolute Gasteiger partial charge is 0.0483 e. The fraction of sp³-hybridized carbons (Fsp3) is 0.455. The molecule has 0 bridgehead atoms. The largest absolute Gasteiger partial charge is 0.326 e. The summed E-state index contributed by atoms with van der Waals surface area (Å²) >= 11 is 6.19. The van der Waals surface area contributed by atoms with Gasteiger partial charge in [0.25, 0.3) is 0 Å². The van der Waals surface area contributed by atoms with E-state index in [1.54, 1.807) is 0 Å². The molecule has 0 atom stereocenters. The van der Waals surface area contributed by atoms with Crippen LogP contribution < -0.4 is 5.73 Å². The average Bonchev–Trinajstić information content (AvgIpc) is 2.16. The van der Waals surface area contributed by atoms with Gasteiger partial charge in [0.15, 0.2) is 0 Å². The van der Waals surface area contributed by atoms with Crippen molar-refractivity contribution in [2.45, 2.75) is 13.0 Å². The van der Waals surface area contributed by atoms with E-state index in [0.717, 1.165) is 23.6 Å². The zero-order valence-electron chi connectivity index (χ0n) is 8.76. The molecule has 0 aliphatic carbocycles.